The summed E-state index contributed by atoms with van der Waals surface area (Å²) in [7, 11) is -3.40. The first kappa shape index (κ1) is 15.8. The molecule has 0 aromatic heterocycles. The van der Waals surface area contributed by atoms with Crippen molar-refractivity contribution in [3.63, 3.8) is 0 Å². The summed E-state index contributed by atoms with van der Waals surface area (Å²) in [6.45, 7) is 4.31. The summed E-state index contributed by atoms with van der Waals surface area (Å²) >= 11 is 6.06. The maximum Gasteiger partial charge on any atom is 0.240 e. The lowest BCUT2D eigenvalue weighted by molar-refractivity contribution is 0.361. The van der Waals surface area contributed by atoms with Gasteiger partial charge in [-0.2, -0.15) is 0 Å². The molecule has 0 unspecified atom stereocenters. The Bertz CT molecular complexity index is 563. The number of alkyl halides is 1. The Morgan fingerprint density at radius 2 is 1.85 bits per heavy atom. The Morgan fingerprint density at radius 3 is 2.45 bits per heavy atom. The maximum atomic E-state index is 12.3. The molecule has 1 saturated carbocycles. The molecule has 0 amide bonds. The third-order valence-corrected chi connectivity index (χ3v) is 5.98. The number of sulfonamides is 1. The second-order valence-corrected chi connectivity index (χ2v) is 8.09. The number of hydrogen-bond donors (Lipinski definition) is 1. The van der Waals surface area contributed by atoms with Gasteiger partial charge in [-0.05, 0) is 57.1 Å². The van der Waals surface area contributed by atoms with Crippen LogP contribution in [0.4, 0.5) is 0 Å². The topological polar surface area (TPSA) is 46.2 Å². The van der Waals surface area contributed by atoms with Crippen molar-refractivity contribution in [3.05, 3.63) is 29.3 Å². The molecule has 0 aliphatic heterocycles. The van der Waals surface area contributed by atoms with E-state index < -0.39 is 10.0 Å². The number of aryl methyl sites for hydroxylation is 2. The molecular formula is C15H22ClNO2S. The van der Waals surface area contributed by atoms with E-state index in [1.165, 1.54) is 0 Å². The van der Waals surface area contributed by atoms with E-state index in [1.807, 2.05) is 26.0 Å². The van der Waals surface area contributed by atoms with Crippen LogP contribution in [0.3, 0.4) is 0 Å². The van der Waals surface area contributed by atoms with E-state index in [2.05, 4.69) is 4.72 Å². The highest BCUT2D eigenvalue weighted by Crippen LogP contribution is 2.27. The molecule has 3 nitrogen and oxygen atoms in total. The quantitative estimate of drug-likeness (QED) is 0.866. The molecule has 112 valence electrons. The van der Waals surface area contributed by atoms with Crippen molar-refractivity contribution in [2.24, 2.45) is 5.92 Å². The molecule has 1 aromatic carbocycles. The van der Waals surface area contributed by atoms with Crippen LogP contribution in [0.5, 0.6) is 0 Å². The lowest BCUT2D eigenvalue weighted by Gasteiger charge is -2.25. The summed E-state index contributed by atoms with van der Waals surface area (Å²) in [5.74, 6) is 0.408. The molecule has 0 spiro atoms. The lowest BCUT2D eigenvalue weighted by atomic mass is 9.89. The Labute approximate surface area is 126 Å². The van der Waals surface area contributed by atoms with Crippen LogP contribution in [0.2, 0.25) is 0 Å². The zero-order valence-corrected chi connectivity index (χ0v) is 13.6. The first-order valence-electron chi connectivity index (χ1n) is 7.09. The van der Waals surface area contributed by atoms with Crippen LogP contribution < -0.4 is 4.72 Å². The first-order valence-corrected chi connectivity index (χ1v) is 9.01. The molecule has 1 N–H and O–H groups in total. The van der Waals surface area contributed by atoms with Gasteiger partial charge in [0.1, 0.15) is 0 Å². The third-order valence-electron chi connectivity index (χ3n) is 3.96. The molecule has 0 saturated heterocycles. The number of halogens is 1. The molecule has 0 radical (unpaired) electrons. The highest BCUT2D eigenvalue weighted by atomic mass is 35.5. The number of nitrogens with one attached hydrogen (secondary N) is 1. The predicted molar refractivity (Wildman–Crippen MR) is 82.7 cm³/mol. The van der Waals surface area contributed by atoms with Crippen LogP contribution >= 0.6 is 11.6 Å². The van der Waals surface area contributed by atoms with Crippen LogP contribution in [0, 0.1) is 19.8 Å². The Kier molecular flexibility index (Phi) is 5.10. The van der Waals surface area contributed by atoms with E-state index in [0.29, 0.717) is 17.4 Å². The summed E-state index contributed by atoms with van der Waals surface area (Å²) in [6, 6.07) is 5.41. The lowest BCUT2D eigenvalue weighted by Crippen LogP contribution is -2.31. The van der Waals surface area contributed by atoms with Crippen LogP contribution in [0.1, 0.15) is 36.8 Å². The molecular weight excluding hydrogens is 294 g/mol. The minimum absolute atomic E-state index is 0.266. The zero-order chi connectivity index (χ0) is 14.8. The molecule has 5 heteroatoms. The fourth-order valence-electron chi connectivity index (χ4n) is 2.73. The Morgan fingerprint density at radius 1 is 1.20 bits per heavy atom. The summed E-state index contributed by atoms with van der Waals surface area (Å²) in [5.41, 5.74) is 1.86. The summed E-state index contributed by atoms with van der Waals surface area (Å²) in [4.78, 5) is 0.383. The monoisotopic (exact) mass is 315 g/mol. The van der Waals surface area contributed by atoms with Crippen molar-refractivity contribution in [1.29, 1.82) is 0 Å². The molecule has 0 heterocycles. The van der Waals surface area contributed by atoms with Gasteiger partial charge in [0.2, 0.25) is 10.0 Å². The van der Waals surface area contributed by atoms with Gasteiger partial charge >= 0.3 is 0 Å². The number of rotatable bonds is 4. The molecule has 0 atom stereocenters. The van der Waals surface area contributed by atoms with Crippen molar-refractivity contribution in [2.45, 2.75) is 49.8 Å². The fourth-order valence-corrected chi connectivity index (χ4v) is 4.32. The van der Waals surface area contributed by atoms with Crippen molar-refractivity contribution < 1.29 is 8.42 Å². The van der Waals surface area contributed by atoms with E-state index in [1.54, 1.807) is 6.07 Å². The molecule has 2 rings (SSSR count). The van der Waals surface area contributed by atoms with E-state index in [-0.39, 0.29) is 5.38 Å². The van der Waals surface area contributed by atoms with Crippen LogP contribution in [0.25, 0.3) is 0 Å². The summed E-state index contributed by atoms with van der Waals surface area (Å²) in [6.07, 6.45) is 3.97. The molecule has 1 fully saturated rings. The third kappa shape index (κ3) is 3.96. The average molecular weight is 316 g/mol. The van der Waals surface area contributed by atoms with Crippen LogP contribution in [-0.2, 0) is 10.0 Å². The maximum absolute atomic E-state index is 12.3. The highest BCUT2D eigenvalue weighted by molar-refractivity contribution is 7.89. The van der Waals surface area contributed by atoms with Gasteiger partial charge in [0.15, 0.2) is 0 Å². The molecule has 1 aromatic rings. The first-order chi connectivity index (χ1) is 9.38. The average Bonchev–Trinajstić information content (AvgIpc) is 2.37. The minimum atomic E-state index is -3.40. The van der Waals surface area contributed by atoms with Crippen LogP contribution in [0.15, 0.2) is 23.1 Å². The Hall–Kier alpha value is -0.580. The SMILES string of the molecule is Cc1ccc(S(=O)(=O)NCC2CCC(Cl)CC2)c(C)c1. The van der Waals surface area contributed by atoms with Crippen LogP contribution in [-0.4, -0.2) is 20.3 Å². The van der Waals surface area contributed by atoms with Gasteiger partial charge in [-0.1, -0.05) is 17.7 Å². The van der Waals surface area contributed by atoms with E-state index in [9.17, 15) is 8.42 Å². The Balaban J connectivity index is 2.00. The molecule has 0 bridgehead atoms. The molecule has 1 aliphatic carbocycles. The summed E-state index contributed by atoms with van der Waals surface area (Å²) < 4.78 is 27.4. The molecule has 20 heavy (non-hydrogen) atoms. The fraction of sp³-hybridized carbons (Fsp3) is 0.600. The van der Waals surface area contributed by atoms with E-state index in [4.69, 9.17) is 11.6 Å². The van der Waals surface area contributed by atoms with Gasteiger partial charge in [-0.15, -0.1) is 11.6 Å². The minimum Gasteiger partial charge on any atom is -0.211 e. The zero-order valence-electron chi connectivity index (χ0n) is 12.0. The summed E-state index contributed by atoms with van der Waals surface area (Å²) in [5, 5.41) is 0.266. The van der Waals surface area contributed by atoms with Gasteiger partial charge in [0.25, 0.3) is 0 Å². The molecule has 1 aliphatic rings. The second kappa shape index (κ2) is 6.46. The van der Waals surface area contributed by atoms with E-state index >= 15 is 0 Å². The largest absolute Gasteiger partial charge is 0.240 e. The van der Waals surface area contributed by atoms with Crippen molar-refractivity contribution in [2.75, 3.05) is 6.54 Å². The predicted octanol–water partition coefficient (Wildman–Crippen LogP) is 3.38. The van der Waals surface area contributed by atoms with Gasteiger partial charge in [0, 0.05) is 11.9 Å². The normalized spacial score (nSPS) is 23.8. The van der Waals surface area contributed by atoms with Crippen molar-refractivity contribution >= 4 is 21.6 Å². The second-order valence-electron chi connectivity index (χ2n) is 5.74. The van der Waals surface area contributed by atoms with Gasteiger partial charge < -0.3 is 0 Å². The van der Waals surface area contributed by atoms with Gasteiger partial charge in [-0.3, -0.25) is 0 Å². The van der Waals surface area contributed by atoms with Crippen molar-refractivity contribution in [3.8, 4) is 0 Å². The standard InChI is InChI=1S/C15H22ClNO2S/c1-11-3-8-15(12(2)9-11)20(18,19)17-10-13-4-6-14(16)7-5-13/h3,8-9,13-14,17H,4-7,10H2,1-2H3. The smallest absolute Gasteiger partial charge is 0.211 e. The highest BCUT2D eigenvalue weighted by Gasteiger charge is 2.22. The van der Waals surface area contributed by atoms with Crippen molar-refractivity contribution in [1.82, 2.24) is 4.72 Å². The number of hydrogen-bond acceptors (Lipinski definition) is 2. The van der Waals surface area contributed by atoms with E-state index in [0.717, 1.165) is 36.8 Å². The van der Waals surface area contributed by atoms with Gasteiger partial charge in [0.05, 0.1) is 4.90 Å². The van der Waals surface area contributed by atoms with Gasteiger partial charge in [-0.25, -0.2) is 13.1 Å². The number of benzene rings is 1.